The van der Waals surface area contributed by atoms with Crippen molar-refractivity contribution >= 4 is 0 Å². The molecule has 0 spiro atoms. The first-order chi connectivity index (χ1) is 9.69. The van der Waals surface area contributed by atoms with Crippen LogP contribution in [0.25, 0.3) is 0 Å². The molecule has 2 heterocycles. The summed E-state index contributed by atoms with van der Waals surface area (Å²) < 4.78 is 7.24. The average molecular weight is 275 g/mol. The van der Waals surface area contributed by atoms with Gasteiger partial charge in [-0.15, -0.1) is 0 Å². The quantitative estimate of drug-likeness (QED) is 0.610. The monoisotopic (exact) mass is 275 g/mol. The van der Waals surface area contributed by atoms with Crippen molar-refractivity contribution in [2.75, 3.05) is 7.11 Å². The van der Waals surface area contributed by atoms with Gasteiger partial charge in [-0.3, -0.25) is 20.9 Å². The number of pyridine rings is 1. The minimum absolute atomic E-state index is 0.0481. The van der Waals surface area contributed by atoms with E-state index in [2.05, 4.69) is 28.5 Å². The molecule has 0 radical (unpaired) electrons. The molecule has 0 amide bonds. The highest BCUT2D eigenvalue weighted by molar-refractivity contribution is 5.33. The van der Waals surface area contributed by atoms with Crippen LogP contribution in [-0.4, -0.2) is 21.9 Å². The Morgan fingerprint density at radius 1 is 1.50 bits per heavy atom. The zero-order valence-corrected chi connectivity index (χ0v) is 12.1. The molecule has 0 aliphatic heterocycles. The van der Waals surface area contributed by atoms with Crippen LogP contribution in [0.15, 0.2) is 24.5 Å². The van der Waals surface area contributed by atoms with Crippen molar-refractivity contribution in [3.63, 3.8) is 0 Å². The van der Waals surface area contributed by atoms with Crippen LogP contribution in [0.3, 0.4) is 0 Å². The third-order valence-electron chi connectivity index (χ3n) is 3.42. The number of nitrogens with two attached hydrogens (primary N) is 1. The van der Waals surface area contributed by atoms with E-state index in [1.54, 1.807) is 19.5 Å². The molecule has 1 atom stereocenters. The Morgan fingerprint density at radius 2 is 2.30 bits per heavy atom. The number of ether oxygens (including phenoxy) is 1. The van der Waals surface area contributed by atoms with E-state index in [9.17, 15) is 0 Å². The number of nitrogens with zero attached hydrogens (tertiary/aromatic N) is 3. The van der Waals surface area contributed by atoms with Crippen molar-refractivity contribution < 1.29 is 4.74 Å². The highest BCUT2D eigenvalue weighted by Gasteiger charge is 2.17. The average Bonchev–Trinajstić information content (AvgIpc) is 2.85. The molecule has 0 saturated carbocycles. The molecule has 0 aliphatic rings. The molecule has 108 valence electrons. The summed E-state index contributed by atoms with van der Waals surface area (Å²) in [6.45, 7) is 2.09. The standard InChI is InChI=1S/C14H21N5O/c1-4-10-7-11(19(2)18-10)8-13(17-15)12-5-6-16-9-14(12)20-3/h5-7,9,13,17H,4,8,15H2,1-3H3. The van der Waals surface area contributed by atoms with Crippen molar-refractivity contribution in [3.8, 4) is 5.75 Å². The maximum atomic E-state index is 5.71. The lowest BCUT2D eigenvalue weighted by molar-refractivity contribution is 0.396. The summed E-state index contributed by atoms with van der Waals surface area (Å²) in [4.78, 5) is 4.06. The Balaban J connectivity index is 2.26. The zero-order valence-electron chi connectivity index (χ0n) is 12.1. The van der Waals surface area contributed by atoms with Crippen LogP contribution in [0.5, 0.6) is 5.75 Å². The highest BCUT2D eigenvalue weighted by atomic mass is 16.5. The molecule has 2 aromatic heterocycles. The number of methoxy groups -OCH3 is 1. The lowest BCUT2D eigenvalue weighted by atomic mass is 10.0. The van der Waals surface area contributed by atoms with Gasteiger partial charge in [0, 0.05) is 30.9 Å². The maximum Gasteiger partial charge on any atom is 0.141 e. The van der Waals surface area contributed by atoms with E-state index in [1.807, 2.05) is 17.8 Å². The second kappa shape index (κ2) is 6.49. The minimum atomic E-state index is -0.0481. The van der Waals surface area contributed by atoms with Crippen LogP contribution in [-0.2, 0) is 19.9 Å². The molecular formula is C14H21N5O. The van der Waals surface area contributed by atoms with Crippen molar-refractivity contribution in [2.24, 2.45) is 12.9 Å². The van der Waals surface area contributed by atoms with Crippen LogP contribution < -0.4 is 16.0 Å². The number of hydrazine groups is 1. The smallest absolute Gasteiger partial charge is 0.141 e. The van der Waals surface area contributed by atoms with Crippen molar-refractivity contribution in [2.45, 2.75) is 25.8 Å². The third kappa shape index (κ3) is 2.97. The SMILES string of the molecule is CCc1cc(CC(NN)c2ccncc2OC)n(C)n1. The van der Waals surface area contributed by atoms with E-state index in [1.165, 1.54) is 0 Å². The molecule has 0 aromatic carbocycles. The molecule has 2 rings (SSSR count). The molecule has 0 aliphatic carbocycles. The summed E-state index contributed by atoms with van der Waals surface area (Å²) in [6.07, 6.45) is 5.09. The Bertz CT molecular complexity index is 566. The summed E-state index contributed by atoms with van der Waals surface area (Å²) in [6, 6.07) is 3.98. The van der Waals surface area contributed by atoms with E-state index >= 15 is 0 Å². The predicted molar refractivity (Wildman–Crippen MR) is 77.1 cm³/mol. The Labute approximate surface area is 118 Å². The largest absolute Gasteiger partial charge is 0.495 e. The predicted octanol–water partition coefficient (Wildman–Crippen LogP) is 1.13. The van der Waals surface area contributed by atoms with Crippen molar-refractivity contribution in [3.05, 3.63) is 41.5 Å². The van der Waals surface area contributed by atoms with Gasteiger partial charge in [0.2, 0.25) is 0 Å². The maximum absolute atomic E-state index is 5.71. The van der Waals surface area contributed by atoms with E-state index in [0.29, 0.717) is 0 Å². The Hall–Kier alpha value is -1.92. The first-order valence-electron chi connectivity index (χ1n) is 6.65. The van der Waals surface area contributed by atoms with Gasteiger partial charge in [0.1, 0.15) is 5.75 Å². The number of aromatic nitrogens is 3. The fourth-order valence-corrected chi connectivity index (χ4v) is 2.25. The number of hydrogen-bond acceptors (Lipinski definition) is 5. The number of aryl methyl sites for hydroxylation is 2. The molecule has 6 nitrogen and oxygen atoms in total. The molecule has 0 fully saturated rings. The third-order valence-corrected chi connectivity index (χ3v) is 3.42. The van der Waals surface area contributed by atoms with Gasteiger partial charge in [-0.25, -0.2) is 0 Å². The van der Waals surface area contributed by atoms with Crippen LogP contribution in [0.4, 0.5) is 0 Å². The molecule has 20 heavy (non-hydrogen) atoms. The van der Waals surface area contributed by atoms with Gasteiger partial charge in [0.05, 0.1) is 25.0 Å². The zero-order chi connectivity index (χ0) is 14.5. The van der Waals surface area contributed by atoms with Gasteiger partial charge < -0.3 is 4.74 Å². The first kappa shape index (κ1) is 14.5. The number of nitrogens with one attached hydrogen (secondary N) is 1. The van der Waals surface area contributed by atoms with Crippen LogP contribution in [0, 0.1) is 0 Å². The lowest BCUT2D eigenvalue weighted by Crippen LogP contribution is -2.30. The lowest BCUT2D eigenvalue weighted by Gasteiger charge is -2.18. The van der Waals surface area contributed by atoms with E-state index < -0.39 is 0 Å². The van der Waals surface area contributed by atoms with Gasteiger partial charge in [0.25, 0.3) is 0 Å². The summed E-state index contributed by atoms with van der Waals surface area (Å²) in [5.74, 6) is 6.44. The Morgan fingerprint density at radius 3 is 2.90 bits per heavy atom. The van der Waals surface area contributed by atoms with E-state index in [0.717, 1.165) is 35.5 Å². The number of hydrogen-bond donors (Lipinski definition) is 2. The molecule has 6 heteroatoms. The van der Waals surface area contributed by atoms with Gasteiger partial charge in [-0.05, 0) is 18.6 Å². The van der Waals surface area contributed by atoms with Gasteiger partial charge >= 0.3 is 0 Å². The molecule has 0 saturated heterocycles. The molecule has 2 aromatic rings. The van der Waals surface area contributed by atoms with Gasteiger partial charge in [0.15, 0.2) is 0 Å². The molecule has 3 N–H and O–H groups in total. The highest BCUT2D eigenvalue weighted by Crippen LogP contribution is 2.26. The van der Waals surface area contributed by atoms with Crippen LogP contribution in [0.2, 0.25) is 0 Å². The second-order valence-corrected chi connectivity index (χ2v) is 4.65. The van der Waals surface area contributed by atoms with Crippen LogP contribution >= 0.6 is 0 Å². The fourth-order valence-electron chi connectivity index (χ4n) is 2.25. The molecule has 0 bridgehead atoms. The first-order valence-corrected chi connectivity index (χ1v) is 6.65. The van der Waals surface area contributed by atoms with Crippen LogP contribution in [0.1, 0.15) is 29.9 Å². The van der Waals surface area contributed by atoms with Crippen molar-refractivity contribution in [1.82, 2.24) is 20.2 Å². The van der Waals surface area contributed by atoms with E-state index in [-0.39, 0.29) is 6.04 Å². The van der Waals surface area contributed by atoms with E-state index in [4.69, 9.17) is 10.6 Å². The summed E-state index contributed by atoms with van der Waals surface area (Å²) in [5, 5.41) is 4.46. The Kier molecular flexibility index (Phi) is 4.70. The summed E-state index contributed by atoms with van der Waals surface area (Å²) >= 11 is 0. The van der Waals surface area contributed by atoms with Crippen molar-refractivity contribution in [1.29, 1.82) is 0 Å². The fraction of sp³-hybridized carbons (Fsp3) is 0.429. The minimum Gasteiger partial charge on any atom is -0.495 e. The summed E-state index contributed by atoms with van der Waals surface area (Å²) in [7, 11) is 3.58. The van der Waals surface area contributed by atoms with Gasteiger partial charge in [-0.1, -0.05) is 6.92 Å². The molecule has 1 unspecified atom stereocenters. The topological polar surface area (TPSA) is 78.0 Å². The van der Waals surface area contributed by atoms with Gasteiger partial charge in [-0.2, -0.15) is 5.10 Å². The number of rotatable bonds is 6. The molecular weight excluding hydrogens is 254 g/mol. The second-order valence-electron chi connectivity index (χ2n) is 4.65. The summed E-state index contributed by atoms with van der Waals surface area (Å²) in [5.41, 5.74) is 6.05. The normalized spacial score (nSPS) is 12.4.